The van der Waals surface area contributed by atoms with Gasteiger partial charge in [-0.1, -0.05) is 36.4 Å². The maximum absolute atomic E-state index is 13.2. The summed E-state index contributed by atoms with van der Waals surface area (Å²) < 4.78 is 39.6. The van der Waals surface area contributed by atoms with Crippen molar-refractivity contribution in [3.8, 4) is 0 Å². The van der Waals surface area contributed by atoms with Crippen LogP contribution in [0.25, 0.3) is 5.70 Å². The Kier molecular flexibility index (Phi) is 4.18. The fraction of sp³-hybridized carbons (Fsp3) is 0.0588. The topological polar surface area (TPSA) is 76.7 Å². The van der Waals surface area contributed by atoms with Gasteiger partial charge >= 0.3 is 6.18 Å². The van der Waals surface area contributed by atoms with Gasteiger partial charge in [0, 0.05) is 11.1 Å². The van der Waals surface area contributed by atoms with Crippen LogP contribution in [0.15, 0.2) is 59.8 Å². The lowest BCUT2D eigenvalue weighted by atomic mass is 10.0. The van der Waals surface area contributed by atoms with Gasteiger partial charge in [-0.2, -0.15) is 13.2 Å². The van der Waals surface area contributed by atoms with Crippen LogP contribution in [0.4, 0.5) is 13.2 Å². The number of nitrogens with one attached hydrogen (secondary N) is 1. The van der Waals surface area contributed by atoms with Crippen molar-refractivity contribution in [2.75, 3.05) is 0 Å². The Bertz CT molecular complexity index is 889. The summed E-state index contributed by atoms with van der Waals surface area (Å²) in [6, 6.07) is 11.3. The number of halogens is 3. The summed E-state index contributed by atoms with van der Waals surface area (Å²) in [5.74, 6) is -0.601. The number of hydrogen-bond donors (Lipinski definition) is 2. The second-order valence-corrected chi connectivity index (χ2v) is 5.14. The normalized spacial score (nSPS) is 14.0. The molecular weight excluding hydrogens is 335 g/mol. The van der Waals surface area contributed by atoms with E-state index in [9.17, 15) is 18.0 Å². The van der Waals surface area contributed by atoms with Gasteiger partial charge in [0.05, 0.1) is 11.1 Å². The maximum Gasteiger partial charge on any atom is 0.417 e. The van der Waals surface area contributed by atoms with Gasteiger partial charge in [-0.15, -0.1) is 0 Å². The summed E-state index contributed by atoms with van der Waals surface area (Å²) in [7, 11) is 0. The first-order valence-electron chi connectivity index (χ1n) is 7.14. The summed E-state index contributed by atoms with van der Waals surface area (Å²) in [6.45, 7) is 0. The van der Waals surface area contributed by atoms with E-state index in [2.05, 4.69) is 10.5 Å². The molecule has 0 unspecified atom stereocenters. The van der Waals surface area contributed by atoms with Gasteiger partial charge < -0.3 is 10.6 Å². The zero-order valence-corrected chi connectivity index (χ0v) is 12.7. The number of nitrogens with zero attached hydrogens (tertiary/aromatic N) is 1. The van der Waals surface area contributed by atoms with Crippen molar-refractivity contribution >= 4 is 17.4 Å². The average molecular weight is 347 g/mol. The molecule has 25 heavy (non-hydrogen) atoms. The lowest BCUT2D eigenvalue weighted by molar-refractivity contribution is -0.137. The Morgan fingerprint density at radius 1 is 1.04 bits per heavy atom. The molecule has 0 aliphatic carbocycles. The van der Waals surface area contributed by atoms with Crippen LogP contribution in [0.1, 0.15) is 27.0 Å². The summed E-state index contributed by atoms with van der Waals surface area (Å²) >= 11 is 0. The summed E-state index contributed by atoms with van der Waals surface area (Å²) in [5.41, 5.74) is 7.29. The Labute approximate surface area is 140 Å². The van der Waals surface area contributed by atoms with E-state index in [0.717, 1.165) is 12.3 Å². The van der Waals surface area contributed by atoms with E-state index in [-0.39, 0.29) is 22.7 Å². The third kappa shape index (κ3) is 3.32. The van der Waals surface area contributed by atoms with Crippen LogP contribution in [-0.2, 0) is 11.0 Å². The number of rotatable bonds is 3. The van der Waals surface area contributed by atoms with E-state index in [0.29, 0.717) is 5.56 Å². The number of hydroxylamine groups is 1. The standard InChI is InChI=1S/C17H12F3N3O2/c18-17(19,20)13-8-4-3-7-12(13)14-9-25-23-16(22-14)11-6-2-1-5-10(11)15(21)24/h1-9H,(H2,21,24)(H,22,23). The van der Waals surface area contributed by atoms with E-state index in [1.807, 2.05) is 0 Å². The van der Waals surface area contributed by atoms with Gasteiger partial charge in [0.1, 0.15) is 12.0 Å². The third-order valence-electron chi connectivity index (χ3n) is 3.51. The molecule has 0 spiro atoms. The molecular formula is C17H12F3N3O2. The van der Waals surface area contributed by atoms with Crippen molar-refractivity contribution in [2.45, 2.75) is 6.18 Å². The number of amidine groups is 1. The Hall–Kier alpha value is -3.29. The van der Waals surface area contributed by atoms with Crippen molar-refractivity contribution in [1.82, 2.24) is 5.48 Å². The highest BCUT2D eigenvalue weighted by molar-refractivity contribution is 6.10. The first kappa shape index (κ1) is 16.6. The SMILES string of the molecule is NC(=O)c1ccccc1C1=NC(c2ccccc2C(F)(F)F)=CON1. The zero-order valence-electron chi connectivity index (χ0n) is 12.7. The van der Waals surface area contributed by atoms with Crippen LogP contribution in [0.2, 0.25) is 0 Å². The molecule has 0 radical (unpaired) electrons. The summed E-state index contributed by atoms with van der Waals surface area (Å²) in [6.07, 6.45) is -3.47. The Morgan fingerprint density at radius 3 is 2.36 bits per heavy atom. The molecule has 128 valence electrons. The fourth-order valence-corrected chi connectivity index (χ4v) is 2.41. The predicted molar refractivity (Wildman–Crippen MR) is 85.1 cm³/mol. The molecule has 0 bridgehead atoms. The van der Waals surface area contributed by atoms with Gasteiger partial charge in [0.2, 0.25) is 5.91 Å². The Morgan fingerprint density at radius 2 is 1.68 bits per heavy atom. The molecule has 3 rings (SSSR count). The second kappa shape index (κ2) is 6.31. The molecule has 1 heterocycles. The van der Waals surface area contributed by atoms with Crippen molar-refractivity contribution in [3.63, 3.8) is 0 Å². The van der Waals surface area contributed by atoms with E-state index in [1.165, 1.54) is 24.3 Å². The molecule has 1 amide bonds. The number of carbonyl (C=O) groups is 1. The second-order valence-electron chi connectivity index (χ2n) is 5.14. The number of nitrogens with two attached hydrogens (primary N) is 1. The molecule has 3 N–H and O–H groups in total. The molecule has 1 aliphatic rings. The number of hydrogen-bond acceptors (Lipinski definition) is 4. The highest BCUT2D eigenvalue weighted by Crippen LogP contribution is 2.35. The van der Waals surface area contributed by atoms with Crippen LogP contribution in [0.5, 0.6) is 0 Å². The minimum atomic E-state index is -4.54. The van der Waals surface area contributed by atoms with Crippen molar-refractivity contribution in [2.24, 2.45) is 10.7 Å². The molecule has 0 fully saturated rings. The first-order valence-corrected chi connectivity index (χ1v) is 7.14. The monoisotopic (exact) mass is 347 g/mol. The maximum atomic E-state index is 13.2. The number of amides is 1. The number of benzene rings is 2. The van der Waals surface area contributed by atoms with Gasteiger partial charge in [-0.05, 0) is 12.1 Å². The zero-order chi connectivity index (χ0) is 18.0. The average Bonchev–Trinajstić information content (AvgIpc) is 2.61. The highest BCUT2D eigenvalue weighted by Gasteiger charge is 2.34. The van der Waals surface area contributed by atoms with Crippen LogP contribution < -0.4 is 11.2 Å². The van der Waals surface area contributed by atoms with Gasteiger partial charge in [-0.3, -0.25) is 4.79 Å². The largest absolute Gasteiger partial charge is 0.417 e. The first-order chi connectivity index (χ1) is 11.9. The quantitative estimate of drug-likeness (QED) is 0.896. The fourth-order valence-electron chi connectivity index (χ4n) is 2.41. The Balaban J connectivity index is 2.08. The lowest BCUT2D eigenvalue weighted by Gasteiger charge is -2.19. The van der Waals surface area contributed by atoms with Crippen molar-refractivity contribution in [1.29, 1.82) is 0 Å². The molecule has 0 atom stereocenters. The van der Waals surface area contributed by atoms with Crippen LogP contribution in [0.3, 0.4) is 0 Å². The lowest BCUT2D eigenvalue weighted by Crippen LogP contribution is -2.29. The van der Waals surface area contributed by atoms with E-state index < -0.39 is 17.6 Å². The van der Waals surface area contributed by atoms with E-state index in [1.54, 1.807) is 18.2 Å². The summed E-state index contributed by atoms with van der Waals surface area (Å²) in [4.78, 5) is 20.8. The molecule has 2 aromatic rings. The minimum absolute atomic E-state index is 0.0269. The third-order valence-corrected chi connectivity index (χ3v) is 3.51. The minimum Gasteiger partial charge on any atom is -0.386 e. The number of alkyl halides is 3. The van der Waals surface area contributed by atoms with E-state index in [4.69, 9.17) is 10.6 Å². The molecule has 0 aromatic heterocycles. The smallest absolute Gasteiger partial charge is 0.386 e. The van der Waals surface area contributed by atoms with Crippen LogP contribution in [0, 0.1) is 0 Å². The molecule has 0 saturated heterocycles. The molecule has 2 aromatic carbocycles. The number of carbonyl (C=O) groups excluding carboxylic acids is 1. The molecule has 5 nitrogen and oxygen atoms in total. The number of primary amides is 1. The van der Waals surface area contributed by atoms with Gasteiger partial charge in [0.15, 0.2) is 5.84 Å². The van der Waals surface area contributed by atoms with Crippen LogP contribution in [-0.4, -0.2) is 11.7 Å². The van der Waals surface area contributed by atoms with Gasteiger partial charge in [-0.25, -0.2) is 10.5 Å². The van der Waals surface area contributed by atoms with Gasteiger partial charge in [0.25, 0.3) is 0 Å². The predicted octanol–water partition coefficient (Wildman–Crippen LogP) is 3.08. The van der Waals surface area contributed by atoms with Crippen LogP contribution >= 0.6 is 0 Å². The van der Waals surface area contributed by atoms with Crippen molar-refractivity contribution in [3.05, 3.63) is 77.0 Å². The van der Waals surface area contributed by atoms with E-state index >= 15 is 0 Å². The molecule has 1 aliphatic heterocycles. The highest BCUT2D eigenvalue weighted by atomic mass is 19.4. The molecule has 0 saturated carbocycles. The number of aliphatic imine (C=N–C) groups is 1. The van der Waals surface area contributed by atoms with Crippen molar-refractivity contribution < 1.29 is 22.8 Å². The summed E-state index contributed by atoms with van der Waals surface area (Å²) in [5, 5.41) is 0. The molecule has 8 heteroatoms.